The Bertz CT molecular complexity index is 1010. The summed E-state index contributed by atoms with van der Waals surface area (Å²) in [5, 5.41) is 0.968. The largest absolute Gasteiger partial charge is 0.497 e. The quantitative estimate of drug-likeness (QED) is 0.669. The first-order valence-corrected chi connectivity index (χ1v) is 9.91. The molecule has 2 aromatic carbocycles. The summed E-state index contributed by atoms with van der Waals surface area (Å²) in [6.45, 7) is 4.08. The molecule has 1 fully saturated rings. The smallest absolute Gasteiger partial charge is 0.272 e. The van der Waals surface area contributed by atoms with E-state index in [2.05, 4.69) is 34.2 Å². The Balaban J connectivity index is 1.34. The highest BCUT2D eigenvalue weighted by Gasteiger charge is 2.22. The number of fused-ring (bicyclic) bond motifs is 1. The summed E-state index contributed by atoms with van der Waals surface area (Å²) >= 11 is 0. The Kier molecular flexibility index (Phi) is 5.86. The minimum Gasteiger partial charge on any atom is -0.497 e. The van der Waals surface area contributed by atoms with Gasteiger partial charge in [-0.15, -0.1) is 0 Å². The second-order valence-corrected chi connectivity index (χ2v) is 7.16. The number of carbonyl (C=O) groups excluding carboxylic acids is 1. The molecule has 3 aromatic rings. The van der Waals surface area contributed by atoms with Gasteiger partial charge in [0.05, 0.1) is 12.6 Å². The van der Waals surface area contributed by atoms with E-state index in [0.29, 0.717) is 5.69 Å². The van der Waals surface area contributed by atoms with Crippen LogP contribution in [-0.2, 0) is 0 Å². The number of hydrogen-bond donors (Lipinski definition) is 0. The van der Waals surface area contributed by atoms with Crippen LogP contribution >= 0.6 is 0 Å². The molecule has 0 spiro atoms. The first kappa shape index (κ1) is 19.2. The van der Waals surface area contributed by atoms with Crippen molar-refractivity contribution >= 4 is 22.9 Å². The lowest BCUT2D eigenvalue weighted by Crippen LogP contribution is -2.48. The highest BCUT2D eigenvalue weighted by Crippen LogP contribution is 2.20. The SMILES string of the molecule is COc1ccc2nc(C(=O)N3CCN(C/C=C/c4ccccc4)CC3)ccc2c1. The number of nitrogens with zero attached hydrogens (tertiary/aromatic N) is 3. The molecule has 0 saturated carbocycles. The van der Waals surface area contributed by atoms with Crippen LogP contribution in [0.2, 0.25) is 0 Å². The third-order valence-electron chi connectivity index (χ3n) is 5.25. The van der Waals surface area contributed by atoms with Gasteiger partial charge < -0.3 is 9.64 Å². The maximum atomic E-state index is 12.9. The van der Waals surface area contributed by atoms with E-state index in [0.717, 1.165) is 49.4 Å². The summed E-state index contributed by atoms with van der Waals surface area (Å²) < 4.78 is 5.25. The summed E-state index contributed by atoms with van der Waals surface area (Å²) in [6, 6.07) is 19.7. The Hall–Kier alpha value is -3.18. The molecule has 1 aromatic heterocycles. The number of pyridine rings is 1. The minimum absolute atomic E-state index is 0.00203. The lowest BCUT2D eigenvalue weighted by atomic mass is 10.1. The van der Waals surface area contributed by atoms with E-state index < -0.39 is 0 Å². The molecule has 1 aliphatic heterocycles. The molecular formula is C24H25N3O2. The van der Waals surface area contributed by atoms with E-state index in [1.54, 1.807) is 13.2 Å². The van der Waals surface area contributed by atoms with Crippen molar-refractivity contribution in [1.82, 2.24) is 14.8 Å². The average molecular weight is 387 g/mol. The predicted molar refractivity (Wildman–Crippen MR) is 116 cm³/mol. The molecule has 5 heteroatoms. The van der Waals surface area contributed by atoms with Crippen LogP contribution in [0.5, 0.6) is 5.75 Å². The number of piperazine rings is 1. The number of amides is 1. The number of aromatic nitrogens is 1. The lowest BCUT2D eigenvalue weighted by Gasteiger charge is -2.34. The van der Waals surface area contributed by atoms with Gasteiger partial charge >= 0.3 is 0 Å². The summed E-state index contributed by atoms with van der Waals surface area (Å²) in [7, 11) is 1.64. The number of hydrogen-bond acceptors (Lipinski definition) is 4. The zero-order valence-corrected chi connectivity index (χ0v) is 16.6. The maximum absolute atomic E-state index is 12.9. The second kappa shape index (κ2) is 8.88. The molecule has 0 bridgehead atoms. The summed E-state index contributed by atoms with van der Waals surface area (Å²) in [5.74, 6) is 0.790. The van der Waals surface area contributed by atoms with Gasteiger partial charge in [0.2, 0.25) is 0 Å². The van der Waals surface area contributed by atoms with Gasteiger partial charge in [-0.1, -0.05) is 48.6 Å². The number of carbonyl (C=O) groups is 1. The van der Waals surface area contributed by atoms with E-state index in [-0.39, 0.29) is 5.91 Å². The molecule has 0 N–H and O–H groups in total. The highest BCUT2D eigenvalue weighted by atomic mass is 16.5. The van der Waals surface area contributed by atoms with Gasteiger partial charge in [-0.3, -0.25) is 9.69 Å². The van der Waals surface area contributed by atoms with Crippen LogP contribution in [-0.4, -0.2) is 60.5 Å². The van der Waals surface area contributed by atoms with Gasteiger partial charge in [0.15, 0.2) is 0 Å². The third-order valence-corrected chi connectivity index (χ3v) is 5.25. The van der Waals surface area contributed by atoms with E-state index in [4.69, 9.17) is 4.74 Å². The van der Waals surface area contributed by atoms with E-state index >= 15 is 0 Å². The molecule has 29 heavy (non-hydrogen) atoms. The van der Waals surface area contributed by atoms with Crippen LogP contribution in [0.1, 0.15) is 16.1 Å². The molecule has 0 radical (unpaired) electrons. The molecule has 1 saturated heterocycles. The highest BCUT2D eigenvalue weighted by molar-refractivity contribution is 5.95. The summed E-state index contributed by atoms with van der Waals surface area (Å²) in [6.07, 6.45) is 4.33. The van der Waals surface area contributed by atoms with Gasteiger partial charge in [0.1, 0.15) is 11.4 Å². The van der Waals surface area contributed by atoms with Crippen molar-refractivity contribution in [2.75, 3.05) is 39.8 Å². The Morgan fingerprint density at radius 3 is 2.59 bits per heavy atom. The number of rotatable bonds is 5. The summed E-state index contributed by atoms with van der Waals surface area (Å²) in [5.41, 5.74) is 2.52. The average Bonchev–Trinajstić information content (AvgIpc) is 2.79. The third kappa shape index (κ3) is 4.63. The fraction of sp³-hybridized carbons (Fsp3) is 0.250. The second-order valence-electron chi connectivity index (χ2n) is 7.16. The zero-order valence-electron chi connectivity index (χ0n) is 16.6. The zero-order chi connectivity index (χ0) is 20.1. The molecule has 0 atom stereocenters. The van der Waals surface area contributed by atoms with E-state index in [1.165, 1.54) is 5.56 Å². The number of ether oxygens (including phenoxy) is 1. The fourth-order valence-electron chi connectivity index (χ4n) is 3.55. The van der Waals surface area contributed by atoms with Crippen LogP contribution in [0.4, 0.5) is 0 Å². The van der Waals surface area contributed by atoms with Gasteiger partial charge in [0.25, 0.3) is 5.91 Å². The van der Waals surface area contributed by atoms with Crippen molar-refractivity contribution in [3.63, 3.8) is 0 Å². The Morgan fingerprint density at radius 1 is 1.03 bits per heavy atom. The van der Waals surface area contributed by atoms with Crippen LogP contribution in [0.15, 0.2) is 66.7 Å². The first-order chi connectivity index (χ1) is 14.2. The molecule has 2 heterocycles. The fourth-order valence-corrected chi connectivity index (χ4v) is 3.55. The summed E-state index contributed by atoms with van der Waals surface area (Å²) in [4.78, 5) is 21.7. The molecular weight excluding hydrogens is 362 g/mol. The van der Waals surface area contributed by atoms with Crippen molar-refractivity contribution in [2.45, 2.75) is 0 Å². The monoisotopic (exact) mass is 387 g/mol. The van der Waals surface area contributed by atoms with Crippen molar-refractivity contribution in [3.05, 3.63) is 78.0 Å². The lowest BCUT2D eigenvalue weighted by molar-refractivity contribution is 0.0645. The molecule has 4 rings (SSSR count). The minimum atomic E-state index is 0.00203. The number of benzene rings is 2. The van der Waals surface area contributed by atoms with Crippen molar-refractivity contribution in [2.24, 2.45) is 0 Å². The van der Waals surface area contributed by atoms with Gasteiger partial charge in [-0.25, -0.2) is 4.98 Å². The Morgan fingerprint density at radius 2 is 1.83 bits per heavy atom. The van der Waals surface area contributed by atoms with Crippen LogP contribution in [0.25, 0.3) is 17.0 Å². The van der Waals surface area contributed by atoms with Gasteiger partial charge in [0, 0.05) is 38.1 Å². The molecule has 148 valence electrons. The topological polar surface area (TPSA) is 45.7 Å². The molecule has 0 unspecified atom stereocenters. The first-order valence-electron chi connectivity index (χ1n) is 9.91. The maximum Gasteiger partial charge on any atom is 0.272 e. The molecule has 1 aliphatic rings. The van der Waals surface area contributed by atoms with Gasteiger partial charge in [-0.2, -0.15) is 0 Å². The van der Waals surface area contributed by atoms with Crippen LogP contribution in [0, 0.1) is 0 Å². The van der Waals surface area contributed by atoms with E-state index in [9.17, 15) is 4.79 Å². The molecule has 0 aliphatic carbocycles. The van der Waals surface area contributed by atoms with Crippen molar-refractivity contribution in [3.8, 4) is 5.75 Å². The van der Waals surface area contributed by atoms with Crippen molar-refractivity contribution < 1.29 is 9.53 Å². The van der Waals surface area contributed by atoms with Gasteiger partial charge in [-0.05, 0) is 29.8 Å². The van der Waals surface area contributed by atoms with Crippen molar-refractivity contribution in [1.29, 1.82) is 0 Å². The van der Waals surface area contributed by atoms with Crippen LogP contribution < -0.4 is 4.74 Å². The molecule has 1 amide bonds. The predicted octanol–water partition coefficient (Wildman–Crippen LogP) is 3.71. The molecule has 5 nitrogen and oxygen atoms in total. The van der Waals surface area contributed by atoms with Crippen LogP contribution in [0.3, 0.4) is 0 Å². The standard InChI is InChI=1S/C24H25N3O2/c1-29-21-10-12-22-20(18-21)9-11-23(25-22)24(28)27-16-14-26(15-17-27)13-5-8-19-6-3-2-4-7-19/h2-12,18H,13-17H2,1H3/b8-5+. The Labute approximate surface area is 171 Å². The normalized spacial score (nSPS) is 15.1. The number of methoxy groups -OCH3 is 1. The van der Waals surface area contributed by atoms with E-state index in [1.807, 2.05) is 47.4 Å².